The summed E-state index contributed by atoms with van der Waals surface area (Å²) >= 11 is 0. The summed E-state index contributed by atoms with van der Waals surface area (Å²) in [6.07, 6.45) is 3.42. The van der Waals surface area contributed by atoms with Gasteiger partial charge in [0.05, 0.1) is 24.5 Å². The van der Waals surface area contributed by atoms with E-state index >= 15 is 0 Å². The Labute approximate surface area is 205 Å². The topological polar surface area (TPSA) is 159 Å². The lowest BCUT2D eigenvalue weighted by Crippen LogP contribution is -2.25. The number of nitrogens with zero attached hydrogens (tertiary/aromatic N) is 8. The zero-order chi connectivity index (χ0) is 24.9. The zero-order valence-electron chi connectivity index (χ0n) is 19.0. The maximum atomic E-state index is 10.4. The van der Waals surface area contributed by atoms with E-state index < -0.39 is 0 Å². The molecule has 11 nitrogen and oxygen atoms in total. The Balaban J connectivity index is 1.51. The lowest BCUT2D eigenvalue weighted by molar-refractivity contribution is 0.456. The van der Waals surface area contributed by atoms with Crippen LogP contribution in [-0.2, 0) is 13.1 Å². The average molecular weight is 480 g/mol. The molecule has 0 radical (unpaired) electrons. The largest absolute Gasteiger partial charge is 0.507 e. The second-order valence-corrected chi connectivity index (χ2v) is 7.80. The highest BCUT2D eigenvalue weighted by molar-refractivity contribution is 5.99. The van der Waals surface area contributed by atoms with Crippen molar-refractivity contribution in [2.24, 2.45) is 10.2 Å². The second-order valence-electron chi connectivity index (χ2n) is 7.80. The molecule has 36 heavy (non-hydrogen) atoms. The van der Waals surface area contributed by atoms with Gasteiger partial charge in [0.2, 0.25) is 11.9 Å². The quantitative estimate of drug-likeness (QED) is 0.287. The van der Waals surface area contributed by atoms with Gasteiger partial charge in [-0.25, -0.2) is 0 Å². The smallest absolute Gasteiger partial charge is 0.275 e. The highest BCUT2D eigenvalue weighted by Gasteiger charge is 2.16. The van der Waals surface area contributed by atoms with Crippen molar-refractivity contribution in [3.63, 3.8) is 0 Å². The van der Waals surface area contributed by atoms with Crippen LogP contribution in [-0.4, -0.2) is 35.1 Å². The summed E-state index contributed by atoms with van der Waals surface area (Å²) in [5.41, 5.74) is 7.76. The average Bonchev–Trinajstić information content (AvgIpc) is 2.89. The molecule has 0 saturated carbocycles. The van der Waals surface area contributed by atoms with E-state index in [-0.39, 0.29) is 35.0 Å². The fourth-order valence-electron chi connectivity index (χ4n) is 3.65. The molecule has 0 amide bonds. The number of azo groups is 1. The van der Waals surface area contributed by atoms with Crippen LogP contribution in [0.25, 0.3) is 10.8 Å². The van der Waals surface area contributed by atoms with Crippen LogP contribution in [0, 0.1) is 0 Å². The number of hydrogen-bond acceptors (Lipinski definition) is 11. The molecule has 0 aliphatic heterocycles. The van der Waals surface area contributed by atoms with E-state index in [1.165, 1.54) is 6.07 Å². The predicted octanol–water partition coefficient (Wildman–Crippen LogP) is 4.43. The standard InChI is InChI=1S/C25H21N9O2/c26-23-29-24(33-32-22-19-10-2-1-9-18(19)20(35)13-21(22)36)31-25(30-23)34(14-16-7-3-5-11-27-16)15-17-8-4-6-12-28-17/h1-13,35-36H,14-15H2,(H2,26,29,30,31). The van der Waals surface area contributed by atoms with Gasteiger partial charge >= 0.3 is 0 Å². The maximum absolute atomic E-state index is 10.4. The van der Waals surface area contributed by atoms with Gasteiger partial charge < -0.3 is 20.8 Å². The van der Waals surface area contributed by atoms with E-state index in [0.29, 0.717) is 23.9 Å². The van der Waals surface area contributed by atoms with Gasteiger partial charge in [0.25, 0.3) is 5.95 Å². The molecule has 0 bridgehead atoms. The van der Waals surface area contributed by atoms with Crippen molar-refractivity contribution in [3.8, 4) is 11.5 Å². The van der Waals surface area contributed by atoms with Crippen molar-refractivity contribution >= 4 is 34.3 Å². The molecule has 178 valence electrons. The molecule has 3 heterocycles. The van der Waals surface area contributed by atoms with Gasteiger partial charge in [-0.15, -0.1) is 10.2 Å². The molecule has 0 saturated heterocycles. The number of aromatic nitrogens is 5. The third-order valence-electron chi connectivity index (χ3n) is 5.28. The number of fused-ring (bicyclic) bond motifs is 1. The summed E-state index contributed by atoms with van der Waals surface area (Å²) in [5, 5.41) is 29.9. The number of rotatable bonds is 7. The summed E-state index contributed by atoms with van der Waals surface area (Å²) < 4.78 is 0. The van der Waals surface area contributed by atoms with Crippen LogP contribution < -0.4 is 10.6 Å². The third kappa shape index (κ3) is 4.99. The summed E-state index contributed by atoms with van der Waals surface area (Å²) in [6, 6.07) is 19.5. The van der Waals surface area contributed by atoms with E-state index in [1.807, 2.05) is 41.3 Å². The first-order chi connectivity index (χ1) is 17.6. The van der Waals surface area contributed by atoms with E-state index in [9.17, 15) is 10.2 Å². The molecule has 4 N–H and O–H groups in total. The van der Waals surface area contributed by atoms with Crippen molar-refractivity contribution < 1.29 is 10.2 Å². The van der Waals surface area contributed by atoms with E-state index in [2.05, 4.69) is 35.1 Å². The fourth-order valence-corrected chi connectivity index (χ4v) is 3.65. The third-order valence-corrected chi connectivity index (χ3v) is 5.28. The van der Waals surface area contributed by atoms with Crippen LogP contribution in [0.2, 0.25) is 0 Å². The van der Waals surface area contributed by atoms with Gasteiger partial charge in [-0.3, -0.25) is 9.97 Å². The van der Waals surface area contributed by atoms with Crippen molar-refractivity contribution in [2.75, 3.05) is 10.6 Å². The van der Waals surface area contributed by atoms with Crippen LogP contribution in [0.5, 0.6) is 11.5 Å². The molecular weight excluding hydrogens is 458 g/mol. The summed E-state index contributed by atoms with van der Waals surface area (Å²) in [7, 11) is 0. The molecule has 5 aromatic rings. The minimum atomic E-state index is -0.232. The van der Waals surface area contributed by atoms with Crippen LogP contribution >= 0.6 is 0 Å². The molecule has 5 rings (SSSR count). The van der Waals surface area contributed by atoms with Gasteiger partial charge in [-0.05, 0) is 24.3 Å². The monoisotopic (exact) mass is 479 g/mol. The number of phenols is 2. The lowest BCUT2D eigenvalue weighted by Gasteiger charge is -2.22. The van der Waals surface area contributed by atoms with Crippen molar-refractivity contribution in [2.45, 2.75) is 13.1 Å². The zero-order valence-corrected chi connectivity index (χ0v) is 19.0. The number of nitrogen functional groups attached to an aromatic ring is 1. The molecular formula is C25H21N9O2. The molecule has 3 aromatic heterocycles. The van der Waals surface area contributed by atoms with Crippen molar-refractivity contribution in [1.29, 1.82) is 0 Å². The predicted molar refractivity (Wildman–Crippen MR) is 134 cm³/mol. The highest BCUT2D eigenvalue weighted by atomic mass is 16.3. The summed E-state index contributed by atoms with van der Waals surface area (Å²) in [4.78, 5) is 23.5. The normalized spacial score (nSPS) is 11.2. The first-order valence-corrected chi connectivity index (χ1v) is 11.0. The summed E-state index contributed by atoms with van der Waals surface area (Å²) in [6.45, 7) is 0.779. The number of phenolic OH excluding ortho intramolecular Hbond substituents is 2. The minimum Gasteiger partial charge on any atom is -0.507 e. The minimum absolute atomic E-state index is 0.0407. The number of benzene rings is 2. The van der Waals surface area contributed by atoms with Crippen LogP contribution in [0.1, 0.15) is 11.4 Å². The number of anilines is 2. The van der Waals surface area contributed by atoms with Gasteiger partial charge in [0.15, 0.2) is 0 Å². The molecule has 0 unspecified atom stereocenters. The van der Waals surface area contributed by atoms with Crippen molar-refractivity contribution in [1.82, 2.24) is 24.9 Å². The summed E-state index contributed by atoms with van der Waals surface area (Å²) in [5.74, 6) is -0.105. The van der Waals surface area contributed by atoms with Gasteiger partial charge in [0.1, 0.15) is 17.2 Å². The Morgan fingerprint density at radius 2 is 1.36 bits per heavy atom. The number of pyridine rings is 2. The first kappa shape index (κ1) is 22.6. The van der Waals surface area contributed by atoms with Crippen LogP contribution in [0.4, 0.5) is 23.5 Å². The number of nitrogens with two attached hydrogens (primary N) is 1. The number of hydrogen-bond donors (Lipinski definition) is 3. The molecule has 0 spiro atoms. The fraction of sp³-hybridized carbons (Fsp3) is 0.0800. The Kier molecular flexibility index (Phi) is 6.26. The number of aromatic hydroxyl groups is 2. The van der Waals surface area contributed by atoms with Crippen LogP contribution in [0.3, 0.4) is 0 Å². The highest BCUT2D eigenvalue weighted by Crippen LogP contribution is 2.40. The molecule has 11 heteroatoms. The Morgan fingerprint density at radius 3 is 2.00 bits per heavy atom. The molecule has 0 atom stereocenters. The molecule has 0 aliphatic rings. The lowest BCUT2D eigenvalue weighted by atomic mass is 10.1. The second kappa shape index (κ2) is 9.97. The maximum Gasteiger partial charge on any atom is 0.275 e. The molecule has 2 aromatic carbocycles. The molecule has 0 aliphatic carbocycles. The van der Waals surface area contributed by atoms with E-state index in [4.69, 9.17) is 5.73 Å². The Morgan fingerprint density at radius 1 is 0.722 bits per heavy atom. The van der Waals surface area contributed by atoms with Gasteiger partial charge in [-0.2, -0.15) is 15.0 Å². The van der Waals surface area contributed by atoms with E-state index in [0.717, 1.165) is 11.4 Å². The first-order valence-electron chi connectivity index (χ1n) is 11.0. The van der Waals surface area contributed by atoms with Crippen molar-refractivity contribution in [3.05, 3.63) is 90.5 Å². The SMILES string of the molecule is Nc1nc(N=Nc2c(O)cc(O)c3ccccc23)nc(N(Cc2ccccn2)Cc2ccccn2)n1. The van der Waals surface area contributed by atoms with Crippen LogP contribution in [0.15, 0.2) is 89.4 Å². The van der Waals surface area contributed by atoms with Gasteiger partial charge in [0, 0.05) is 29.2 Å². The Hall–Kier alpha value is -5.19. The van der Waals surface area contributed by atoms with E-state index in [1.54, 1.807) is 36.7 Å². The van der Waals surface area contributed by atoms with Gasteiger partial charge in [-0.1, -0.05) is 36.4 Å². The molecule has 0 fully saturated rings. The Bertz CT molecular complexity index is 1490.